The highest BCUT2D eigenvalue weighted by Gasteiger charge is 2.45. The van der Waals surface area contributed by atoms with Crippen LogP contribution in [0.2, 0.25) is 0 Å². The van der Waals surface area contributed by atoms with Gasteiger partial charge in [0.25, 0.3) is 5.91 Å². The minimum absolute atomic E-state index is 0.0803. The highest BCUT2D eigenvalue weighted by atomic mass is 32.1. The molecule has 0 aromatic carbocycles. The molecule has 0 aromatic rings. The van der Waals surface area contributed by atoms with Crippen molar-refractivity contribution in [3.63, 3.8) is 0 Å². The quantitative estimate of drug-likeness (QED) is 0.536. The zero-order valence-electron chi connectivity index (χ0n) is 10.6. The van der Waals surface area contributed by atoms with Gasteiger partial charge in [0, 0.05) is 0 Å². The number of hydrogen-bond acceptors (Lipinski definition) is 4. The van der Waals surface area contributed by atoms with Gasteiger partial charge in [-0.25, -0.2) is 0 Å². The molecule has 3 amide bonds. The fourth-order valence-corrected chi connectivity index (χ4v) is 2.09. The lowest BCUT2D eigenvalue weighted by Crippen LogP contribution is -2.66. The molecule has 18 heavy (non-hydrogen) atoms. The molecule has 0 bridgehead atoms. The number of carbonyl (C=O) groups excluding carboxylic acids is 3. The van der Waals surface area contributed by atoms with Crippen molar-refractivity contribution in [2.75, 3.05) is 6.54 Å². The zero-order valence-corrected chi connectivity index (χ0v) is 11.5. The number of nitrogens with two attached hydrogens (primary N) is 1. The van der Waals surface area contributed by atoms with Crippen LogP contribution in [0.25, 0.3) is 0 Å². The van der Waals surface area contributed by atoms with Gasteiger partial charge in [-0.3, -0.25) is 19.7 Å². The number of piperazine rings is 1. The first-order valence-corrected chi connectivity index (χ1v) is 6.07. The summed E-state index contributed by atoms with van der Waals surface area (Å²) >= 11 is 4.84. The molecule has 1 atom stereocenters. The molecule has 0 aliphatic carbocycles. The van der Waals surface area contributed by atoms with Gasteiger partial charge in [0.2, 0.25) is 11.8 Å². The third-order valence-electron chi connectivity index (χ3n) is 3.10. The summed E-state index contributed by atoms with van der Waals surface area (Å²) in [5.41, 5.74) is 4.43. The average molecular weight is 271 g/mol. The highest BCUT2D eigenvalue weighted by molar-refractivity contribution is 7.80. The van der Waals surface area contributed by atoms with E-state index in [9.17, 15) is 14.4 Å². The monoisotopic (exact) mass is 271 g/mol. The van der Waals surface area contributed by atoms with Crippen LogP contribution < -0.4 is 11.1 Å². The van der Waals surface area contributed by atoms with E-state index in [0.717, 1.165) is 0 Å². The second-order valence-corrected chi connectivity index (χ2v) is 5.20. The Hall–Kier alpha value is -1.50. The predicted molar refractivity (Wildman–Crippen MR) is 69.5 cm³/mol. The van der Waals surface area contributed by atoms with E-state index in [-0.39, 0.29) is 17.4 Å². The van der Waals surface area contributed by atoms with Crippen LogP contribution in [0.15, 0.2) is 0 Å². The van der Waals surface area contributed by atoms with Crippen LogP contribution in [0.4, 0.5) is 0 Å². The Morgan fingerprint density at radius 1 is 1.56 bits per heavy atom. The van der Waals surface area contributed by atoms with Crippen molar-refractivity contribution in [2.24, 2.45) is 11.7 Å². The smallest absolute Gasteiger partial charge is 0.252 e. The summed E-state index contributed by atoms with van der Waals surface area (Å²) in [5.74, 6) is -2.01. The molecule has 1 aliphatic heterocycles. The van der Waals surface area contributed by atoms with E-state index in [1.165, 1.54) is 4.90 Å². The SMILES string of the molecule is CCC(C(=O)N1CC(=O)NC(=O)C1(C)C)C(N)=S. The van der Waals surface area contributed by atoms with E-state index in [0.29, 0.717) is 6.42 Å². The third kappa shape index (κ3) is 2.50. The van der Waals surface area contributed by atoms with E-state index < -0.39 is 23.3 Å². The van der Waals surface area contributed by atoms with Crippen LogP contribution in [0, 0.1) is 5.92 Å². The molecule has 7 heteroatoms. The Labute approximate surface area is 111 Å². The van der Waals surface area contributed by atoms with Crippen molar-refractivity contribution in [1.29, 1.82) is 0 Å². The first-order chi connectivity index (χ1) is 8.21. The van der Waals surface area contributed by atoms with Gasteiger partial charge in [0.15, 0.2) is 0 Å². The molecular weight excluding hydrogens is 254 g/mol. The first-order valence-electron chi connectivity index (χ1n) is 5.66. The largest absolute Gasteiger partial charge is 0.393 e. The van der Waals surface area contributed by atoms with Crippen LogP contribution in [-0.4, -0.2) is 39.7 Å². The minimum atomic E-state index is -1.08. The molecule has 0 aromatic heterocycles. The van der Waals surface area contributed by atoms with Crippen LogP contribution in [0.5, 0.6) is 0 Å². The average Bonchev–Trinajstić information content (AvgIpc) is 2.24. The van der Waals surface area contributed by atoms with E-state index in [2.05, 4.69) is 5.32 Å². The Bertz CT molecular complexity index is 420. The lowest BCUT2D eigenvalue weighted by atomic mass is 9.95. The molecule has 0 radical (unpaired) electrons. The van der Waals surface area contributed by atoms with Gasteiger partial charge in [-0.05, 0) is 20.3 Å². The topological polar surface area (TPSA) is 92.5 Å². The Balaban J connectivity index is 3.05. The maximum Gasteiger partial charge on any atom is 0.252 e. The van der Waals surface area contributed by atoms with Gasteiger partial charge >= 0.3 is 0 Å². The van der Waals surface area contributed by atoms with Gasteiger partial charge < -0.3 is 10.6 Å². The van der Waals surface area contributed by atoms with Crippen molar-refractivity contribution < 1.29 is 14.4 Å². The summed E-state index contributed by atoms with van der Waals surface area (Å²) < 4.78 is 0. The molecule has 3 N–H and O–H groups in total. The molecule has 0 saturated carbocycles. The Kier molecular flexibility index (Phi) is 4.05. The summed E-state index contributed by atoms with van der Waals surface area (Å²) in [6, 6.07) is 0. The molecule has 0 spiro atoms. The maximum atomic E-state index is 12.3. The highest BCUT2D eigenvalue weighted by Crippen LogP contribution is 2.22. The van der Waals surface area contributed by atoms with E-state index in [4.69, 9.17) is 18.0 Å². The van der Waals surface area contributed by atoms with Gasteiger partial charge in [0.1, 0.15) is 12.1 Å². The molecular formula is C11H17N3O3S. The van der Waals surface area contributed by atoms with Crippen molar-refractivity contribution in [2.45, 2.75) is 32.7 Å². The van der Waals surface area contributed by atoms with Gasteiger partial charge in [-0.2, -0.15) is 0 Å². The molecule has 1 saturated heterocycles. The molecule has 1 unspecified atom stereocenters. The van der Waals surface area contributed by atoms with Gasteiger partial charge in [-0.15, -0.1) is 0 Å². The predicted octanol–water partition coefficient (Wildman–Crippen LogP) is -0.438. The Morgan fingerprint density at radius 3 is 2.56 bits per heavy atom. The Morgan fingerprint density at radius 2 is 2.11 bits per heavy atom. The lowest BCUT2D eigenvalue weighted by molar-refractivity contribution is -0.156. The normalized spacial score (nSPS) is 20.3. The zero-order chi connectivity index (χ0) is 14.1. The molecule has 6 nitrogen and oxygen atoms in total. The van der Waals surface area contributed by atoms with Crippen LogP contribution in [0.1, 0.15) is 27.2 Å². The van der Waals surface area contributed by atoms with Crippen molar-refractivity contribution in [3.05, 3.63) is 0 Å². The number of thiocarbonyl (C=S) groups is 1. The number of nitrogens with one attached hydrogen (secondary N) is 1. The fraction of sp³-hybridized carbons (Fsp3) is 0.636. The van der Waals surface area contributed by atoms with E-state index in [1.54, 1.807) is 20.8 Å². The van der Waals surface area contributed by atoms with Crippen molar-refractivity contribution >= 4 is 34.9 Å². The number of amides is 3. The summed E-state index contributed by atoms with van der Waals surface area (Å²) in [6.07, 6.45) is 0.441. The van der Waals surface area contributed by atoms with E-state index in [1.807, 2.05) is 0 Å². The number of rotatable bonds is 3. The summed E-state index contributed by atoms with van der Waals surface area (Å²) in [5, 5.41) is 2.20. The third-order valence-corrected chi connectivity index (χ3v) is 3.39. The second-order valence-electron chi connectivity index (χ2n) is 4.72. The number of imide groups is 1. The first kappa shape index (κ1) is 14.6. The second kappa shape index (κ2) is 5.01. The van der Waals surface area contributed by atoms with Crippen LogP contribution >= 0.6 is 12.2 Å². The van der Waals surface area contributed by atoms with Gasteiger partial charge in [-0.1, -0.05) is 19.1 Å². The van der Waals surface area contributed by atoms with Crippen LogP contribution in [0.3, 0.4) is 0 Å². The minimum Gasteiger partial charge on any atom is -0.393 e. The molecule has 1 aliphatic rings. The molecule has 100 valence electrons. The molecule has 1 heterocycles. The van der Waals surface area contributed by atoms with E-state index >= 15 is 0 Å². The fourth-order valence-electron chi connectivity index (χ4n) is 1.82. The van der Waals surface area contributed by atoms with Crippen LogP contribution in [-0.2, 0) is 14.4 Å². The number of nitrogens with zero attached hydrogens (tertiary/aromatic N) is 1. The van der Waals surface area contributed by atoms with Crippen molar-refractivity contribution in [1.82, 2.24) is 10.2 Å². The maximum absolute atomic E-state index is 12.3. The van der Waals surface area contributed by atoms with Crippen molar-refractivity contribution in [3.8, 4) is 0 Å². The summed E-state index contributed by atoms with van der Waals surface area (Å²) in [7, 11) is 0. The molecule has 1 rings (SSSR count). The summed E-state index contributed by atoms with van der Waals surface area (Å²) in [4.78, 5) is 36.7. The van der Waals surface area contributed by atoms with Gasteiger partial charge in [0.05, 0.1) is 10.9 Å². The number of carbonyl (C=O) groups is 3. The summed E-state index contributed by atoms with van der Waals surface area (Å²) in [6.45, 7) is 4.79. The molecule has 1 fully saturated rings. The lowest BCUT2D eigenvalue weighted by Gasteiger charge is -2.41. The standard InChI is InChI=1S/C11H17N3O3S/c1-4-6(8(12)18)9(16)14-5-7(15)13-10(17)11(14,2)3/h6H,4-5H2,1-3H3,(H2,12,18)(H,13,15,17). The number of hydrogen-bond donors (Lipinski definition) is 2.